The van der Waals surface area contributed by atoms with E-state index in [1.54, 1.807) is 22.6 Å². The molecule has 0 aliphatic carbocycles. The van der Waals surface area contributed by atoms with Crippen molar-refractivity contribution >= 4 is 115 Å². The molecule has 0 bridgehead atoms. The highest BCUT2D eigenvalue weighted by Gasteiger charge is 2.34. The van der Waals surface area contributed by atoms with E-state index >= 15 is 0 Å². The normalized spacial score (nSPS) is 11.8. The molecule has 2 unspecified atom stereocenters. The highest BCUT2D eigenvalue weighted by atomic mass is 127. The van der Waals surface area contributed by atoms with E-state index in [0.29, 0.717) is 17.8 Å². The van der Waals surface area contributed by atoms with Gasteiger partial charge in [-0.2, -0.15) is 0 Å². The fourth-order valence-corrected chi connectivity index (χ4v) is 7.52. The number of nitrogens with one attached hydrogen (secondary N) is 1. The van der Waals surface area contributed by atoms with E-state index in [2.05, 4.69) is 5.32 Å². The largest absolute Gasteiger partial charge is 0.464 e. The van der Waals surface area contributed by atoms with Crippen molar-refractivity contribution in [2.75, 3.05) is 18.3 Å². The summed E-state index contributed by atoms with van der Waals surface area (Å²) in [5, 5.41) is 3.35. The fraction of sp³-hybridized carbons (Fsp3) is 0.458. The molecule has 0 aliphatic rings. The maximum absolute atomic E-state index is 13.8. The van der Waals surface area contributed by atoms with Gasteiger partial charge in [-0.1, -0.05) is 0 Å². The van der Waals surface area contributed by atoms with Gasteiger partial charge in [-0.25, -0.2) is 4.79 Å². The average molecular weight is 916 g/mol. The standard InChI is InChI=1S/C24H27I3N2O12/c1-10(30)29(41-15(6)35)23-21(26)16(7-37-11(2)31)20(25)19(22(23)27)24(36)28-17(8-38-12(3)32)18(40-14(5)34)9-39-13(4)33/h17-18H,7-9H2,1-6H3,(H,28,36). The monoisotopic (exact) mass is 916 g/mol. The average Bonchev–Trinajstić information content (AvgIpc) is 2.82. The van der Waals surface area contributed by atoms with Gasteiger partial charge in [-0.05, 0) is 67.8 Å². The maximum Gasteiger partial charge on any atom is 0.330 e. The third kappa shape index (κ3) is 11.5. The first-order valence-corrected chi connectivity index (χ1v) is 14.8. The van der Waals surface area contributed by atoms with Crippen molar-refractivity contribution in [2.24, 2.45) is 0 Å². The lowest BCUT2D eigenvalue weighted by molar-refractivity contribution is -0.160. The molecule has 1 aromatic carbocycles. The first-order valence-electron chi connectivity index (χ1n) is 11.5. The van der Waals surface area contributed by atoms with Gasteiger partial charge < -0.3 is 29.1 Å². The van der Waals surface area contributed by atoms with Crippen LogP contribution in [0.2, 0.25) is 0 Å². The Labute approximate surface area is 276 Å². The number of carbonyl (C=O) groups excluding carboxylic acids is 7. The predicted octanol–water partition coefficient (Wildman–Crippen LogP) is 2.55. The molecular weight excluding hydrogens is 889 g/mol. The van der Waals surface area contributed by atoms with Crippen LogP contribution in [0.15, 0.2) is 0 Å². The van der Waals surface area contributed by atoms with E-state index in [1.165, 1.54) is 6.92 Å². The number of nitrogens with zero attached hydrogens (tertiary/aromatic N) is 1. The Morgan fingerprint density at radius 2 is 1.24 bits per heavy atom. The van der Waals surface area contributed by atoms with Crippen LogP contribution in [0.3, 0.4) is 0 Å². The zero-order valence-electron chi connectivity index (χ0n) is 22.8. The minimum absolute atomic E-state index is 0.0240. The summed E-state index contributed by atoms with van der Waals surface area (Å²) in [6.07, 6.45) is -1.26. The number of hydrogen-bond donors (Lipinski definition) is 1. The molecular formula is C24H27I3N2O12. The van der Waals surface area contributed by atoms with Gasteiger partial charge in [0.25, 0.3) is 11.8 Å². The number of halogens is 3. The molecule has 0 spiro atoms. The smallest absolute Gasteiger partial charge is 0.330 e. The van der Waals surface area contributed by atoms with Gasteiger partial charge in [0.2, 0.25) is 0 Å². The summed E-state index contributed by atoms with van der Waals surface area (Å²) in [6, 6.07) is -1.20. The van der Waals surface area contributed by atoms with Crippen LogP contribution in [0.5, 0.6) is 0 Å². The lowest BCUT2D eigenvalue weighted by Gasteiger charge is -2.28. The van der Waals surface area contributed by atoms with Crippen LogP contribution < -0.4 is 10.4 Å². The Balaban J connectivity index is 3.81. The Morgan fingerprint density at radius 3 is 1.71 bits per heavy atom. The predicted molar refractivity (Wildman–Crippen MR) is 165 cm³/mol. The number of carbonyl (C=O) groups is 7. The van der Waals surface area contributed by atoms with Gasteiger partial charge in [0.1, 0.15) is 31.5 Å². The molecule has 0 aliphatic heterocycles. The van der Waals surface area contributed by atoms with Crippen molar-refractivity contribution in [2.45, 2.75) is 60.3 Å². The van der Waals surface area contributed by atoms with Crippen molar-refractivity contribution in [3.05, 3.63) is 21.8 Å². The topological polar surface area (TPSA) is 181 Å². The molecule has 0 fully saturated rings. The number of hydrogen-bond acceptors (Lipinski definition) is 12. The van der Waals surface area contributed by atoms with Crippen LogP contribution in [-0.4, -0.2) is 67.0 Å². The van der Waals surface area contributed by atoms with Gasteiger partial charge in [0, 0.05) is 54.2 Å². The molecule has 2 amide bonds. The molecule has 0 saturated carbocycles. The summed E-state index contributed by atoms with van der Waals surface area (Å²) in [7, 11) is 0. The highest BCUT2D eigenvalue weighted by Crippen LogP contribution is 2.38. The third-order valence-electron chi connectivity index (χ3n) is 4.74. The highest BCUT2D eigenvalue weighted by molar-refractivity contribution is 14.1. The second-order valence-electron chi connectivity index (χ2n) is 8.15. The van der Waals surface area contributed by atoms with Crippen molar-refractivity contribution in [1.29, 1.82) is 0 Å². The Kier molecular flexibility index (Phi) is 15.2. The number of hydroxylamine groups is 1. The van der Waals surface area contributed by atoms with Crippen LogP contribution in [0.1, 0.15) is 57.5 Å². The van der Waals surface area contributed by atoms with E-state index in [4.69, 9.17) is 23.8 Å². The van der Waals surface area contributed by atoms with Crippen LogP contribution >= 0.6 is 67.8 Å². The number of anilines is 1. The first kappa shape index (κ1) is 36.7. The Bertz CT molecular complexity index is 1240. The molecule has 2 atom stereocenters. The zero-order valence-corrected chi connectivity index (χ0v) is 29.2. The van der Waals surface area contributed by atoms with E-state index < -0.39 is 67.0 Å². The molecule has 0 saturated heterocycles. The summed E-state index contributed by atoms with van der Waals surface area (Å²) in [6.45, 7) is 5.59. The molecule has 0 heterocycles. The maximum atomic E-state index is 13.8. The number of benzene rings is 1. The molecule has 1 N–H and O–H groups in total. The summed E-state index contributed by atoms with van der Waals surface area (Å²) < 4.78 is 21.3. The SMILES string of the molecule is CC(=O)OCc1c(I)c(C(=O)NC(COC(C)=O)C(COC(C)=O)OC(C)=O)c(I)c(N(OC(C)=O)C(C)=O)c1I. The molecule has 1 aromatic rings. The van der Waals surface area contributed by atoms with Crippen LogP contribution in [0.25, 0.3) is 0 Å². The molecule has 14 nitrogen and oxygen atoms in total. The van der Waals surface area contributed by atoms with Crippen LogP contribution in [0, 0.1) is 10.7 Å². The Hall–Kier alpha value is -2.30. The van der Waals surface area contributed by atoms with Gasteiger partial charge in [0.15, 0.2) is 6.10 Å². The van der Waals surface area contributed by atoms with Gasteiger partial charge in [-0.15, -0.1) is 5.06 Å². The van der Waals surface area contributed by atoms with Gasteiger partial charge in [-0.3, -0.25) is 28.8 Å². The summed E-state index contributed by atoms with van der Waals surface area (Å²) in [5.41, 5.74) is 0.340. The molecule has 41 heavy (non-hydrogen) atoms. The van der Waals surface area contributed by atoms with E-state index in [9.17, 15) is 33.6 Å². The molecule has 0 aromatic heterocycles. The second-order valence-corrected chi connectivity index (χ2v) is 11.4. The molecule has 1 rings (SSSR count). The van der Waals surface area contributed by atoms with E-state index in [1.807, 2.05) is 45.2 Å². The number of rotatable bonds is 11. The number of amides is 2. The summed E-state index contributed by atoms with van der Waals surface area (Å²) in [5.74, 6) is -5.03. The molecule has 0 radical (unpaired) electrons. The van der Waals surface area contributed by atoms with Crippen LogP contribution in [0.4, 0.5) is 5.69 Å². The van der Waals surface area contributed by atoms with Gasteiger partial charge >= 0.3 is 29.8 Å². The fourth-order valence-electron chi connectivity index (χ4n) is 3.11. The van der Waals surface area contributed by atoms with E-state index in [-0.39, 0.29) is 21.4 Å². The van der Waals surface area contributed by atoms with Crippen molar-refractivity contribution in [1.82, 2.24) is 5.32 Å². The molecule has 226 valence electrons. The van der Waals surface area contributed by atoms with E-state index in [0.717, 1.165) is 34.6 Å². The quantitative estimate of drug-likeness (QED) is 0.149. The minimum Gasteiger partial charge on any atom is -0.464 e. The number of ether oxygens (including phenoxy) is 4. The van der Waals surface area contributed by atoms with Crippen LogP contribution in [-0.2, 0) is 59.2 Å². The lowest BCUT2D eigenvalue weighted by Crippen LogP contribution is -2.50. The lowest BCUT2D eigenvalue weighted by atomic mass is 10.1. The van der Waals surface area contributed by atoms with Crippen molar-refractivity contribution in [3.8, 4) is 0 Å². The Morgan fingerprint density at radius 1 is 0.707 bits per heavy atom. The third-order valence-corrected chi connectivity index (χ3v) is 8.14. The van der Waals surface area contributed by atoms with Crippen molar-refractivity contribution in [3.63, 3.8) is 0 Å². The second kappa shape index (κ2) is 17.0. The van der Waals surface area contributed by atoms with Crippen molar-refractivity contribution < 1.29 is 57.3 Å². The minimum atomic E-state index is -1.26. The summed E-state index contributed by atoms with van der Waals surface area (Å²) >= 11 is 5.54. The zero-order chi connectivity index (χ0) is 31.6. The molecule has 17 heteroatoms. The summed E-state index contributed by atoms with van der Waals surface area (Å²) in [4.78, 5) is 89.6. The first-order chi connectivity index (χ1) is 19.0. The van der Waals surface area contributed by atoms with Gasteiger partial charge in [0.05, 0.1) is 9.13 Å². The number of esters is 4.